The first kappa shape index (κ1) is 10.4. The fraction of sp³-hybridized carbons (Fsp3) is 0.300. The van der Waals surface area contributed by atoms with Crippen LogP contribution in [0.3, 0.4) is 0 Å². The van der Waals surface area contributed by atoms with E-state index in [0.717, 1.165) is 0 Å². The molecule has 0 aromatic carbocycles. The van der Waals surface area contributed by atoms with Crippen LogP contribution >= 0.6 is 0 Å². The lowest BCUT2D eigenvalue weighted by Crippen LogP contribution is -2.31. The van der Waals surface area contributed by atoms with E-state index in [0.29, 0.717) is 5.56 Å². The number of hydrogen-bond acceptors (Lipinski definition) is 3. The molecule has 0 unspecified atom stereocenters. The Morgan fingerprint density at radius 2 is 2.21 bits per heavy atom. The molecule has 14 heavy (non-hydrogen) atoms. The summed E-state index contributed by atoms with van der Waals surface area (Å²) in [6.45, 7) is 1.58. The summed E-state index contributed by atoms with van der Waals surface area (Å²) in [5.41, 5.74) is 0.497. The molecule has 4 heteroatoms. The second-order valence-electron chi connectivity index (χ2n) is 3.10. The van der Waals surface area contributed by atoms with Gasteiger partial charge in [0.15, 0.2) is 0 Å². The lowest BCUT2D eigenvalue weighted by Gasteiger charge is -2.14. The Morgan fingerprint density at radius 3 is 2.71 bits per heavy atom. The van der Waals surface area contributed by atoms with Crippen molar-refractivity contribution in [3.05, 3.63) is 30.1 Å². The summed E-state index contributed by atoms with van der Waals surface area (Å²) in [5.74, 6) is -0.224. The molecule has 0 bridgehead atoms. The molecule has 4 nitrogen and oxygen atoms in total. The van der Waals surface area contributed by atoms with Crippen molar-refractivity contribution in [1.82, 2.24) is 9.88 Å². The van der Waals surface area contributed by atoms with E-state index in [4.69, 9.17) is 0 Å². The van der Waals surface area contributed by atoms with Gasteiger partial charge in [0.05, 0.1) is 12.1 Å². The van der Waals surface area contributed by atoms with Gasteiger partial charge in [0.2, 0.25) is 0 Å². The molecule has 0 radical (unpaired) electrons. The van der Waals surface area contributed by atoms with E-state index in [1.807, 2.05) is 0 Å². The highest BCUT2D eigenvalue weighted by molar-refractivity contribution is 5.95. The van der Waals surface area contributed by atoms with Crippen LogP contribution in [-0.2, 0) is 4.79 Å². The number of pyridine rings is 1. The Labute approximate surface area is 82.6 Å². The molecule has 0 spiro atoms. The molecule has 1 rings (SSSR count). The van der Waals surface area contributed by atoms with Crippen LogP contribution in [0.15, 0.2) is 24.5 Å². The monoisotopic (exact) mass is 192 g/mol. The average Bonchev–Trinajstić information content (AvgIpc) is 2.17. The van der Waals surface area contributed by atoms with Crippen LogP contribution in [-0.4, -0.2) is 35.2 Å². The highest BCUT2D eigenvalue weighted by Gasteiger charge is 2.12. The number of nitrogens with zero attached hydrogens (tertiary/aromatic N) is 2. The minimum Gasteiger partial charge on any atom is -0.334 e. The standard InChI is InChI=1S/C10H12N2O2/c1-8(13)7-12(2)10(14)9-4-3-5-11-6-9/h3-6H,7H2,1-2H3. The molecule has 0 N–H and O–H groups in total. The third-order valence-corrected chi connectivity index (χ3v) is 1.72. The normalized spacial score (nSPS) is 9.57. The van der Waals surface area contributed by atoms with E-state index in [1.165, 1.54) is 18.0 Å². The molecule has 0 saturated heterocycles. The first-order valence-electron chi connectivity index (χ1n) is 4.26. The van der Waals surface area contributed by atoms with Gasteiger partial charge in [0.25, 0.3) is 5.91 Å². The lowest BCUT2D eigenvalue weighted by atomic mass is 10.2. The van der Waals surface area contributed by atoms with Gasteiger partial charge in [-0.25, -0.2) is 0 Å². The Kier molecular flexibility index (Phi) is 3.34. The first-order chi connectivity index (χ1) is 6.61. The summed E-state index contributed by atoms with van der Waals surface area (Å²) in [5, 5.41) is 0. The third kappa shape index (κ3) is 2.65. The number of amides is 1. The lowest BCUT2D eigenvalue weighted by molar-refractivity contribution is -0.117. The van der Waals surface area contributed by atoms with Crippen molar-refractivity contribution in [1.29, 1.82) is 0 Å². The molecule has 74 valence electrons. The maximum Gasteiger partial charge on any atom is 0.255 e. The van der Waals surface area contributed by atoms with E-state index in [1.54, 1.807) is 25.4 Å². The molecule has 0 atom stereocenters. The first-order valence-corrected chi connectivity index (χ1v) is 4.26. The smallest absolute Gasteiger partial charge is 0.255 e. The fourth-order valence-corrected chi connectivity index (χ4v) is 1.12. The molecule has 1 aromatic rings. The van der Waals surface area contributed by atoms with Gasteiger partial charge in [0, 0.05) is 19.4 Å². The molecular weight excluding hydrogens is 180 g/mol. The van der Waals surface area contributed by atoms with E-state index in [2.05, 4.69) is 4.98 Å². The largest absolute Gasteiger partial charge is 0.334 e. The van der Waals surface area contributed by atoms with E-state index in [-0.39, 0.29) is 18.2 Å². The second-order valence-corrected chi connectivity index (χ2v) is 3.10. The van der Waals surface area contributed by atoms with Gasteiger partial charge >= 0.3 is 0 Å². The van der Waals surface area contributed by atoms with Crippen molar-refractivity contribution in [2.75, 3.05) is 13.6 Å². The fourth-order valence-electron chi connectivity index (χ4n) is 1.12. The number of Topliss-reactive ketones (excluding diaryl/α,β-unsaturated/α-hetero) is 1. The zero-order valence-electron chi connectivity index (χ0n) is 8.23. The summed E-state index contributed by atoms with van der Waals surface area (Å²) in [7, 11) is 1.59. The number of ketones is 1. The van der Waals surface area contributed by atoms with E-state index >= 15 is 0 Å². The molecular formula is C10H12N2O2. The highest BCUT2D eigenvalue weighted by Crippen LogP contribution is 2.00. The van der Waals surface area contributed by atoms with Gasteiger partial charge in [-0.05, 0) is 19.1 Å². The Bertz CT molecular complexity index is 335. The van der Waals surface area contributed by atoms with Gasteiger partial charge in [-0.1, -0.05) is 0 Å². The minimum atomic E-state index is -0.187. The molecule has 0 saturated carbocycles. The van der Waals surface area contributed by atoms with Gasteiger partial charge in [0.1, 0.15) is 5.78 Å². The maximum atomic E-state index is 11.6. The number of carbonyl (C=O) groups is 2. The molecule has 0 aliphatic carbocycles. The quantitative estimate of drug-likeness (QED) is 0.709. The van der Waals surface area contributed by atoms with Crippen molar-refractivity contribution < 1.29 is 9.59 Å². The highest BCUT2D eigenvalue weighted by atomic mass is 16.2. The summed E-state index contributed by atoms with van der Waals surface area (Å²) in [4.78, 5) is 27.6. The predicted molar refractivity (Wildman–Crippen MR) is 51.9 cm³/mol. The number of carbonyl (C=O) groups excluding carboxylic acids is 2. The maximum absolute atomic E-state index is 11.6. The van der Waals surface area contributed by atoms with Crippen molar-refractivity contribution in [2.24, 2.45) is 0 Å². The summed E-state index contributed by atoms with van der Waals surface area (Å²) in [6.07, 6.45) is 3.08. The molecule has 1 amide bonds. The zero-order chi connectivity index (χ0) is 10.6. The Balaban J connectivity index is 2.71. The van der Waals surface area contributed by atoms with Crippen LogP contribution in [0.2, 0.25) is 0 Å². The van der Waals surface area contributed by atoms with E-state index in [9.17, 15) is 9.59 Å². The SMILES string of the molecule is CC(=O)CN(C)C(=O)c1cccnc1. The Morgan fingerprint density at radius 1 is 1.50 bits per heavy atom. The zero-order valence-corrected chi connectivity index (χ0v) is 8.23. The topological polar surface area (TPSA) is 50.3 Å². The summed E-state index contributed by atoms with van der Waals surface area (Å²) < 4.78 is 0. The predicted octanol–water partition coefficient (Wildman–Crippen LogP) is 0.743. The van der Waals surface area contributed by atoms with Crippen LogP contribution in [0, 0.1) is 0 Å². The van der Waals surface area contributed by atoms with Crippen molar-refractivity contribution in [3.8, 4) is 0 Å². The van der Waals surface area contributed by atoms with Crippen LogP contribution in [0.1, 0.15) is 17.3 Å². The summed E-state index contributed by atoms with van der Waals surface area (Å²) >= 11 is 0. The average molecular weight is 192 g/mol. The van der Waals surface area contributed by atoms with Gasteiger partial charge in [-0.3, -0.25) is 14.6 Å². The Hall–Kier alpha value is -1.71. The molecule has 0 aliphatic rings. The second kappa shape index (κ2) is 4.50. The third-order valence-electron chi connectivity index (χ3n) is 1.72. The van der Waals surface area contributed by atoms with Crippen molar-refractivity contribution >= 4 is 11.7 Å². The van der Waals surface area contributed by atoms with Crippen LogP contribution in [0.5, 0.6) is 0 Å². The van der Waals surface area contributed by atoms with Crippen LogP contribution in [0.4, 0.5) is 0 Å². The van der Waals surface area contributed by atoms with Crippen LogP contribution < -0.4 is 0 Å². The molecule has 0 aliphatic heterocycles. The van der Waals surface area contributed by atoms with Crippen molar-refractivity contribution in [2.45, 2.75) is 6.92 Å². The number of aromatic nitrogens is 1. The molecule has 1 heterocycles. The summed E-state index contributed by atoms with van der Waals surface area (Å²) in [6, 6.07) is 3.36. The molecule has 1 aromatic heterocycles. The van der Waals surface area contributed by atoms with Gasteiger partial charge < -0.3 is 4.90 Å². The number of rotatable bonds is 3. The number of likely N-dealkylation sites (N-methyl/N-ethyl adjacent to an activating group) is 1. The number of hydrogen-bond donors (Lipinski definition) is 0. The minimum absolute atomic E-state index is 0.0373. The van der Waals surface area contributed by atoms with Gasteiger partial charge in [-0.2, -0.15) is 0 Å². The molecule has 0 fully saturated rings. The van der Waals surface area contributed by atoms with Gasteiger partial charge in [-0.15, -0.1) is 0 Å². The van der Waals surface area contributed by atoms with E-state index < -0.39 is 0 Å². The van der Waals surface area contributed by atoms with Crippen molar-refractivity contribution in [3.63, 3.8) is 0 Å². The van der Waals surface area contributed by atoms with Crippen LogP contribution in [0.25, 0.3) is 0 Å².